The molecule has 3 aromatic rings. The number of benzene rings is 1. The third-order valence-corrected chi connectivity index (χ3v) is 3.04. The van der Waals surface area contributed by atoms with E-state index in [9.17, 15) is 4.79 Å². The summed E-state index contributed by atoms with van der Waals surface area (Å²) in [4.78, 5) is 20.0. The van der Waals surface area contributed by atoms with Gasteiger partial charge in [-0.05, 0) is 43.3 Å². The summed E-state index contributed by atoms with van der Waals surface area (Å²) < 4.78 is 5.49. The molecule has 1 aromatic carbocycles. The molecule has 2 aromatic heterocycles. The number of carbonyl (C=O) groups is 1. The van der Waals surface area contributed by atoms with Crippen molar-refractivity contribution in [1.29, 1.82) is 0 Å². The Morgan fingerprint density at radius 3 is 2.95 bits per heavy atom. The van der Waals surface area contributed by atoms with Crippen molar-refractivity contribution in [3.63, 3.8) is 0 Å². The number of hydrogen-bond donors (Lipinski definition) is 2. The molecule has 0 fully saturated rings. The molecule has 0 radical (unpaired) electrons. The molecule has 0 spiro atoms. The Balaban J connectivity index is 1.79. The number of rotatable bonds is 2. The van der Waals surface area contributed by atoms with E-state index in [0.717, 1.165) is 16.7 Å². The van der Waals surface area contributed by atoms with E-state index in [0.29, 0.717) is 11.3 Å². The predicted molar refractivity (Wildman–Crippen MR) is 83.9 cm³/mol. The zero-order chi connectivity index (χ0) is 15.5. The average molecular weight is 294 g/mol. The zero-order valence-electron chi connectivity index (χ0n) is 11.9. The number of aryl methyl sites for hydroxylation is 1. The van der Waals surface area contributed by atoms with Crippen molar-refractivity contribution in [3.05, 3.63) is 60.1 Å². The fraction of sp³-hybridized carbons (Fsp3) is 0.0625. The van der Waals surface area contributed by atoms with Crippen molar-refractivity contribution in [3.8, 4) is 0 Å². The number of nitrogens with two attached hydrogens (primary N) is 1. The van der Waals surface area contributed by atoms with Gasteiger partial charge in [0.25, 0.3) is 5.91 Å². The fourth-order valence-corrected chi connectivity index (χ4v) is 2.09. The molecule has 3 N–H and O–H groups in total. The van der Waals surface area contributed by atoms with E-state index in [4.69, 9.17) is 10.2 Å². The smallest absolute Gasteiger partial charge is 0.259 e. The molecular formula is C16H14N4O2. The first-order valence-corrected chi connectivity index (χ1v) is 6.67. The first-order valence-electron chi connectivity index (χ1n) is 6.67. The largest absolute Gasteiger partial charge is 0.461 e. The topological polar surface area (TPSA) is 93.5 Å². The number of amides is 1. The van der Waals surface area contributed by atoms with E-state index in [1.54, 1.807) is 24.4 Å². The molecule has 0 saturated carbocycles. The predicted octanol–water partition coefficient (Wildman–Crippen LogP) is 2.51. The summed E-state index contributed by atoms with van der Waals surface area (Å²) in [6.07, 6.45) is 3.05. The van der Waals surface area contributed by atoms with Gasteiger partial charge in [0, 0.05) is 17.8 Å². The molecule has 1 amide bonds. The lowest BCUT2D eigenvalue weighted by atomic mass is 10.2. The standard InChI is InChI=1S/C16H14N4O2/c1-10-7-12-8-13(4-5-14(12)22-10)19-16(17)20-15(21)11-3-2-6-18-9-11/h2-9H,1H3,(H3,17,19,20,21). The highest BCUT2D eigenvalue weighted by Crippen LogP contribution is 2.24. The lowest BCUT2D eigenvalue weighted by molar-refractivity contribution is 0.0976. The third kappa shape index (κ3) is 2.95. The Kier molecular flexibility index (Phi) is 3.57. The number of fused-ring (bicyclic) bond motifs is 1. The lowest BCUT2D eigenvalue weighted by Gasteiger charge is -2.04. The molecule has 6 heteroatoms. The molecular weight excluding hydrogens is 280 g/mol. The molecule has 110 valence electrons. The van der Waals surface area contributed by atoms with Gasteiger partial charge in [0.1, 0.15) is 11.3 Å². The van der Waals surface area contributed by atoms with Crippen LogP contribution in [-0.2, 0) is 0 Å². The van der Waals surface area contributed by atoms with Gasteiger partial charge in [-0.25, -0.2) is 4.99 Å². The molecule has 22 heavy (non-hydrogen) atoms. The van der Waals surface area contributed by atoms with Crippen LogP contribution in [0.5, 0.6) is 0 Å². The van der Waals surface area contributed by atoms with Gasteiger partial charge in [-0.3, -0.25) is 15.1 Å². The molecule has 2 heterocycles. The van der Waals surface area contributed by atoms with Crippen molar-refractivity contribution in [1.82, 2.24) is 10.3 Å². The van der Waals surface area contributed by atoms with E-state index in [1.807, 2.05) is 25.1 Å². The van der Waals surface area contributed by atoms with Gasteiger partial charge < -0.3 is 10.2 Å². The second-order valence-electron chi connectivity index (χ2n) is 4.77. The van der Waals surface area contributed by atoms with Gasteiger partial charge in [0.2, 0.25) is 5.96 Å². The molecule has 0 unspecified atom stereocenters. The maximum atomic E-state index is 11.9. The number of guanidine groups is 1. The molecule has 6 nitrogen and oxygen atoms in total. The molecule has 0 aliphatic heterocycles. The van der Waals surface area contributed by atoms with Gasteiger partial charge in [-0.2, -0.15) is 0 Å². The van der Waals surface area contributed by atoms with Crippen molar-refractivity contribution in [2.45, 2.75) is 6.92 Å². The Labute approximate surface area is 126 Å². The molecule has 3 rings (SSSR count). The Bertz CT molecular complexity index is 853. The molecule has 0 bridgehead atoms. The first-order chi connectivity index (χ1) is 10.6. The molecule has 0 aliphatic carbocycles. The first kappa shape index (κ1) is 13.8. The summed E-state index contributed by atoms with van der Waals surface area (Å²) in [6.45, 7) is 1.88. The van der Waals surface area contributed by atoms with Gasteiger partial charge in [0.15, 0.2) is 0 Å². The fourth-order valence-electron chi connectivity index (χ4n) is 2.09. The number of nitrogens with zero attached hydrogens (tertiary/aromatic N) is 2. The number of nitrogens with one attached hydrogen (secondary N) is 1. The second-order valence-corrected chi connectivity index (χ2v) is 4.77. The SMILES string of the molecule is Cc1cc2cc(N=C(N)NC(=O)c3cccnc3)ccc2o1. The summed E-state index contributed by atoms with van der Waals surface area (Å²) in [5, 5.41) is 3.46. The van der Waals surface area contributed by atoms with Crippen LogP contribution in [0.4, 0.5) is 5.69 Å². The number of aromatic nitrogens is 1. The van der Waals surface area contributed by atoms with Gasteiger partial charge in [-0.1, -0.05) is 0 Å². The van der Waals surface area contributed by atoms with Crippen LogP contribution in [0.1, 0.15) is 16.1 Å². The molecule has 0 atom stereocenters. The number of pyridine rings is 1. The number of hydrogen-bond acceptors (Lipinski definition) is 4. The minimum Gasteiger partial charge on any atom is -0.461 e. The lowest BCUT2D eigenvalue weighted by Crippen LogP contribution is -2.36. The van der Waals surface area contributed by atoms with E-state index in [1.165, 1.54) is 6.20 Å². The Hall–Kier alpha value is -3.15. The highest BCUT2D eigenvalue weighted by molar-refractivity contribution is 6.05. The van der Waals surface area contributed by atoms with Crippen molar-refractivity contribution in [2.24, 2.45) is 10.7 Å². The van der Waals surface area contributed by atoms with Crippen LogP contribution in [0.3, 0.4) is 0 Å². The van der Waals surface area contributed by atoms with Gasteiger partial charge in [-0.15, -0.1) is 0 Å². The van der Waals surface area contributed by atoms with Crippen molar-refractivity contribution in [2.75, 3.05) is 0 Å². The maximum Gasteiger partial charge on any atom is 0.259 e. The maximum absolute atomic E-state index is 11.9. The van der Waals surface area contributed by atoms with E-state index < -0.39 is 0 Å². The average Bonchev–Trinajstić information content (AvgIpc) is 2.87. The number of furan rings is 1. The monoisotopic (exact) mass is 294 g/mol. The van der Waals surface area contributed by atoms with Crippen LogP contribution in [0.25, 0.3) is 11.0 Å². The second kappa shape index (κ2) is 5.69. The molecule has 0 aliphatic rings. The van der Waals surface area contributed by atoms with E-state index >= 15 is 0 Å². The normalized spacial score (nSPS) is 11.6. The van der Waals surface area contributed by atoms with Crippen LogP contribution in [0.2, 0.25) is 0 Å². The zero-order valence-corrected chi connectivity index (χ0v) is 11.9. The molecule has 0 saturated heterocycles. The number of carbonyl (C=O) groups excluding carboxylic acids is 1. The Morgan fingerprint density at radius 1 is 1.32 bits per heavy atom. The van der Waals surface area contributed by atoms with Crippen molar-refractivity contribution < 1.29 is 9.21 Å². The van der Waals surface area contributed by atoms with Crippen molar-refractivity contribution >= 4 is 28.5 Å². The number of aliphatic imine (C=N–C) groups is 1. The Morgan fingerprint density at radius 2 is 2.18 bits per heavy atom. The van der Waals surface area contributed by atoms with E-state index in [2.05, 4.69) is 15.3 Å². The highest BCUT2D eigenvalue weighted by atomic mass is 16.3. The minimum absolute atomic E-state index is 0.0217. The summed E-state index contributed by atoms with van der Waals surface area (Å²) in [5.74, 6) is 0.497. The highest BCUT2D eigenvalue weighted by Gasteiger charge is 2.07. The van der Waals surface area contributed by atoms with Crippen LogP contribution < -0.4 is 11.1 Å². The summed E-state index contributed by atoms with van der Waals surface area (Å²) in [7, 11) is 0. The van der Waals surface area contributed by atoms with Crippen LogP contribution in [0, 0.1) is 6.92 Å². The van der Waals surface area contributed by atoms with Crippen LogP contribution >= 0.6 is 0 Å². The quantitative estimate of drug-likeness (QED) is 0.561. The minimum atomic E-state index is -0.352. The summed E-state index contributed by atoms with van der Waals surface area (Å²) in [5.41, 5.74) is 7.61. The summed E-state index contributed by atoms with van der Waals surface area (Å²) in [6, 6.07) is 10.7. The van der Waals surface area contributed by atoms with Crippen LogP contribution in [-0.4, -0.2) is 16.9 Å². The third-order valence-electron chi connectivity index (χ3n) is 3.04. The summed E-state index contributed by atoms with van der Waals surface area (Å²) >= 11 is 0. The van der Waals surface area contributed by atoms with E-state index in [-0.39, 0.29) is 11.9 Å². The van der Waals surface area contributed by atoms with Gasteiger partial charge >= 0.3 is 0 Å². The van der Waals surface area contributed by atoms with Gasteiger partial charge in [0.05, 0.1) is 11.3 Å². The van der Waals surface area contributed by atoms with Crippen LogP contribution in [0.15, 0.2) is 58.2 Å².